The number of sulfonamides is 1. The van der Waals surface area contributed by atoms with Gasteiger partial charge in [-0.05, 0) is 48.0 Å². The Balaban J connectivity index is 1.35. The SMILES string of the molecule is O=C(Nc1ccc(S(=O)(=O)N2CCN(C/C=C/c3ccccc3)CC2)cc1F)c1ccc(Cl)cc1. The number of nitrogens with zero attached hydrogens (tertiary/aromatic N) is 2. The Bertz CT molecular complexity index is 1310. The van der Waals surface area contributed by atoms with E-state index in [0.29, 0.717) is 36.8 Å². The van der Waals surface area contributed by atoms with Crippen molar-refractivity contribution in [3.8, 4) is 0 Å². The van der Waals surface area contributed by atoms with Gasteiger partial charge in [0, 0.05) is 43.3 Å². The molecule has 3 aromatic rings. The van der Waals surface area contributed by atoms with Crippen molar-refractivity contribution < 1.29 is 17.6 Å². The lowest BCUT2D eigenvalue weighted by Crippen LogP contribution is -2.48. The molecular formula is C26H25ClFN3O3S. The van der Waals surface area contributed by atoms with E-state index in [0.717, 1.165) is 18.2 Å². The summed E-state index contributed by atoms with van der Waals surface area (Å²) in [5.41, 5.74) is 1.32. The van der Waals surface area contributed by atoms with Crippen molar-refractivity contribution in [1.82, 2.24) is 9.21 Å². The lowest BCUT2D eigenvalue weighted by Gasteiger charge is -2.33. The molecule has 1 amide bonds. The van der Waals surface area contributed by atoms with Gasteiger partial charge in [-0.2, -0.15) is 4.31 Å². The topological polar surface area (TPSA) is 69.7 Å². The molecule has 4 rings (SSSR count). The Morgan fingerprint density at radius 3 is 2.31 bits per heavy atom. The summed E-state index contributed by atoms with van der Waals surface area (Å²) in [5.74, 6) is -1.34. The van der Waals surface area contributed by atoms with Gasteiger partial charge in [0.1, 0.15) is 5.82 Å². The monoisotopic (exact) mass is 513 g/mol. The number of benzene rings is 3. The molecule has 0 unspecified atom stereocenters. The fraction of sp³-hybridized carbons (Fsp3) is 0.192. The van der Waals surface area contributed by atoms with Gasteiger partial charge in [-0.15, -0.1) is 0 Å². The molecule has 0 aromatic heterocycles. The summed E-state index contributed by atoms with van der Waals surface area (Å²) < 4.78 is 42.2. The van der Waals surface area contributed by atoms with Gasteiger partial charge in [0.15, 0.2) is 0 Å². The zero-order valence-corrected chi connectivity index (χ0v) is 20.5. The van der Waals surface area contributed by atoms with Crippen LogP contribution in [-0.2, 0) is 10.0 Å². The average molecular weight is 514 g/mol. The third kappa shape index (κ3) is 6.35. The quantitative estimate of drug-likeness (QED) is 0.495. The number of nitrogens with one attached hydrogen (secondary N) is 1. The Labute approximate surface area is 209 Å². The molecule has 0 aliphatic carbocycles. The van der Waals surface area contributed by atoms with E-state index in [1.54, 1.807) is 12.1 Å². The van der Waals surface area contributed by atoms with Crippen molar-refractivity contribution in [3.05, 3.63) is 101 Å². The maximum atomic E-state index is 14.7. The zero-order chi connectivity index (χ0) is 24.8. The molecule has 1 N–H and O–H groups in total. The summed E-state index contributed by atoms with van der Waals surface area (Å²) in [4.78, 5) is 14.4. The second-order valence-corrected chi connectivity index (χ2v) is 10.5. The third-order valence-electron chi connectivity index (χ3n) is 5.74. The van der Waals surface area contributed by atoms with Crippen LogP contribution in [-0.4, -0.2) is 56.3 Å². The molecule has 0 bridgehead atoms. The first-order valence-corrected chi connectivity index (χ1v) is 13.0. The van der Waals surface area contributed by atoms with Crippen LogP contribution in [0.1, 0.15) is 15.9 Å². The summed E-state index contributed by atoms with van der Waals surface area (Å²) in [6.07, 6.45) is 4.10. The standard InChI is InChI=1S/C26H25ClFN3O3S/c27-22-10-8-21(9-11-22)26(32)29-25-13-12-23(19-24(25)28)35(33,34)31-17-15-30(16-18-31)14-4-7-20-5-2-1-3-6-20/h1-13,19H,14-18H2,(H,29,32)/b7-4+. The summed E-state index contributed by atoms with van der Waals surface area (Å²) in [7, 11) is -3.85. The van der Waals surface area contributed by atoms with E-state index < -0.39 is 21.7 Å². The van der Waals surface area contributed by atoms with Crippen LogP contribution in [0.2, 0.25) is 5.02 Å². The van der Waals surface area contributed by atoms with E-state index in [2.05, 4.69) is 16.3 Å². The Hall–Kier alpha value is -3.04. The lowest BCUT2D eigenvalue weighted by atomic mass is 10.2. The highest BCUT2D eigenvalue weighted by atomic mass is 35.5. The normalized spacial score (nSPS) is 15.4. The summed E-state index contributed by atoms with van der Waals surface area (Å²) in [6.45, 7) is 2.52. The van der Waals surface area contributed by atoms with Crippen molar-refractivity contribution in [2.24, 2.45) is 0 Å². The molecule has 1 heterocycles. The van der Waals surface area contributed by atoms with E-state index in [1.807, 2.05) is 36.4 Å². The van der Waals surface area contributed by atoms with Crippen LogP contribution in [0.15, 0.2) is 83.8 Å². The zero-order valence-electron chi connectivity index (χ0n) is 18.9. The van der Waals surface area contributed by atoms with Gasteiger partial charge in [-0.25, -0.2) is 12.8 Å². The highest BCUT2D eigenvalue weighted by molar-refractivity contribution is 7.89. The van der Waals surface area contributed by atoms with Crippen molar-refractivity contribution in [3.63, 3.8) is 0 Å². The summed E-state index contributed by atoms with van der Waals surface area (Å²) >= 11 is 5.82. The first-order valence-electron chi connectivity index (χ1n) is 11.1. The van der Waals surface area contributed by atoms with Crippen LogP contribution in [0.4, 0.5) is 10.1 Å². The molecule has 1 aliphatic rings. The number of halogens is 2. The number of hydrogen-bond donors (Lipinski definition) is 1. The van der Waals surface area contributed by atoms with Crippen LogP contribution in [0, 0.1) is 5.82 Å². The minimum Gasteiger partial charge on any atom is -0.319 e. The number of anilines is 1. The fourth-order valence-corrected chi connectivity index (χ4v) is 5.32. The largest absolute Gasteiger partial charge is 0.319 e. The summed E-state index contributed by atoms with van der Waals surface area (Å²) in [6, 6.07) is 19.6. The molecular weight excluding hydrogens is 489 g/mol. The predicted molar refractivity (Wildman–Crippen MR) is 136 cm³/mol. The third-order valence-corrected chi connectivity index (χ3v) is 7.88. The second kappa shape index (κ2) is 11.1. The first-order chi connectivity index (χ1) is 16.8. The second-order valence-electron chi connectivity index (χ2n) is 8.12. The first kappa shape index (κ1) is 25.1. The van der Waals surface area contributed by atoms with Gasteiger partial charge >= 0.3 is 0 Å². The molecule has 3 aromatic carbocycles. The molecule has 0 atom stereocenters. The van der Waals surface area contributed by atoms with E-state index >= 15 is 0 Å². The molecule has 1 saturated heterocycles. The maximum absolute atomic E-state index is 14.7. The molecule has 6 nitrogen and oxygen atoms in total. The van der Waals surface area contributed by atoms with Gasteiger partial charge in [0.25, 0.3) is 5.91 Å². The van der Waals surface area contributed by atoms with Gasteiger partial charge in [-0.1, -0.05) is 54.1 Å². The van der Waals surface area contributed by atoms with E-state index in [4.69, 9.17) is 11.6 Å². The molecule has 182 valence electrons. The van der Waals surface area contributed by atoms with Gasteiger partial charge in [0.05, 0.1) is 10.6 Å². The van der Waals surface area contributed by atoms with Crippen molar-refractivity contribution in [2.75, 3.05) is 38.0 Å². The summed E-state index contributed by atoms with van der Waals surface area (Å²) in [5, 5.41) is 2.94. The fourth-order valence-electron chi connectivity index (χ4n) is 3.76. The van der Waals surface area contributed by atoms with Crippen molar-refractivity contribution >= 4 is 39.3 Å². The van der Waals surface area contributed by atoms with Crippen molar-refractivity contribution in [2.45, 2.75) is 4.90 Å². The number of piperazine rings is 1. The Morgan fingerprint density at radius 2 is 1.66 bits per heavy atom. The van der Waals surface area contributed by atoms with E-state index in [1.165, 1.54) is 28.6 Å². The Morgan fingerprint density at radius 1 is 0.971 bits per heavy atom. The maximum Gasteiger partial charge on any atom is 0.255 e. The van der Waals surface area contributed by atoms with Crippen LogP contribution < -0.4 is 5.32 Å². The minimum atomic E-state index is -3.85. The number of hydrogen-bond acceptors (Lipinski definition) is 4. The van der Waals surface area contributed by atoms with Gasteiger partial charge in [-0.3, -0.25) is 9.69 Å². The predicted octanol–water partition coefficient (Wildman–Crippen LogP) is 4.75. The minimum absolute atomic E-state index is 0.0982. The number of carbonyl (C=O) groups is 1. The highest BCUT2D eigenvalue weighted by Gasteiger charge is 2.29. The van der Waals surface area contributed by atoms with Crippen LogP contribution in [0.5, 0.6) is 0 Å². The molecule has 9 heteroatoms. The number of rotatable bonds is 7. The molecule has 0 radical (unpaired) electrons. The molecule has 0 saturated carbocycles. The smallest absolute Gasteiger partial charge is 0.255 e. The molecule has 1 fully saturated rings. The number of amides is 1. The number of carbonyl (C=O) groups excluding carboxylic acids is 1. The molecule has 35 heavy (non-hydrogen) atoms. The molecule has 1 aliphatic heterocycles. The van der Waals surface area contributed by atoms with E-state index in [9.17, 15) is 17.6 Å². The highest BCUT2D eigenvalue weighted by Crippen LogP contribution is 2.23. The Kier molecular flexibility index (Phi) is 7.97. The van der Waals surface area contributed by atoms with Gasteiger partial charge in [0.2, 0.25) is 10.0 Å². The van der Waals surface area contributed by atoms with Crippen LogP contribution in [0.25, 0.3) is 6.08 Å². The van der Waals surface area contributed by atoms with Crippen LogP contribution >= 0.6 is 11.6 Å². The average Bonchev–Trinajstić information content (AvgIpc) is 2.86. The van der Waals surface area contributed by atoms with E-state index in [-0.39, 0.29) is 10.6 Å². The molecule has 0 spiro atoms. The van der Waals surface area contributed by atoms with Gasteiger partial charge < -0.3 is 5.32 Å². The lowest BCUT2D eigenvalue weighted by molar-refractivity contribution is 0.102. The van der Waals surface area contributed by atoms with Crippen molar-refractivity contribution in [1.29, 1.82) is 0 Å². The van der Waals surface area contributed by atoms with Crippen LogP contribution in [0.3, 0.4) is 0 Å².